The molecule has 6 heteroatoms. The summed E-state index contributed by atoms with van der Waals surface area (Å²) in [6.45, 7) is 3.51. The Morgan fingerprint density at radius 3 is 3.00 bits per heavy atom. The third-order valence-corrected chi connectivity index (χ3v) is 4.44. The Bertz CT molecular complexity index is 486. The summed E-state index contributed by atoms with van der Waals surface area (Å²) >= 11 is 1.40. The van der Waals surface area contributed by atoms with Crippen LogP contribution in [-0.4, -0.2) is 50.1 Å². The number of methoxy groups -OCH3 is 1. The summed E-state index contributed by atoms with van der Waals surface area (Å²) in [7, 11) is 3.30. The van der Waals surface area contributed by atoms with Crippen LogP contribution >= 0.6 is 11.3 Å². The molecule has 0 N–H and O–H groups in total. The van der Waals surface area contributed by atoms with Crippen molar-refractivity contribution in [2.24, 2.45) is 0 Å². The van der Waals surface area contributed by atoms with Crippen LogP contribution in [0.1, 0.15) is 23.7 Å². The van der Waals surface area contributed by atoms with Gasteiger partial charge in [-0.15, -0.1) is 11.3 Å². The fraction of sp³-hybridized carbons (Fsp3) is 0.538. The Labute approximate surface area is 116 Å². The summed E-state index contributed by atoms with van der Waals surface area (Å²) in [6, 6.07) is 1.62. The average molecular weight is 282 g/mol. The van der Waals surface area contributed by atoms with E-state index in [4.69, 9.17) is 4.74 Å². The lowest BCUT2D eigenvalue weighted by Crippen LogP contribution is -2.39. The lowest BCUT2D eigenvalue weighted by atomic mass is 10.2. The van der Waals surface area contributed by atoms with E-state index in [1.54, 1.807) is 11.0 Å². The maximum absolute atomic E-state index is 12.4. The molecule has 0 unspecified atom stereocenters. The molecule has 1 aromatic heterocycles. The smallest absolute Gasteiger partial charge is 0.340 e. The number of carbonyl (C=O) groups excluding carboxylic acids is 2. The lowest BCUT2D eigenvalue weighted by Gasteiger charge is -2.21. The molecule has 2 heterocycles. The van der Waals surface area contributed by atoms with Gasteiger partial charge in [-0.25, -0.2) is 4.79 Å². The predicted molar refractivity (Wildman–Crippen MR) is 74.7 cm³/mol. The van der Waals surface area contributed by atoms with Gasteiger partial charge in [0.15, 0.2) is 0 Å². The number of esters is 1. The van der Waals surface area contributed by atoms with Crippen LogP contribution in [0.5, 0.6) is 0 Å². The summed E-state index contributed by atoms with van der Waals surface area (Å²) in [5.41, 5.74) is 0.473. The Kier molecular flexibility index (Phi) is 4.21. The Morgan fingerprint density at radius 1 is 1.63 bits per heavy atom. The van der Waals surface area contributed by atoms with E-state index in [9.17, 15) is 9.59 Å². The molecular formula is C13H18N2O3S. The van der Waals surface area contributed by atoms with E-state index in [1.165, 1.54) is 18.4 Å². The van der Waals surface area contributed by atoms with E-state index in [0.717, 1.165) is 13.0 Å². The van der Waals surface area contributed by atoms with Gasteiger partial charge in [-0.05, 0) is 31.5 Å². The molecule has 0 bridgehead atoms. The van der Waals surface area contributed by atoms with Gasteiger partial charge in [0.1, 0.15) is 5.00 Å². The minimum absolute atomic E-state index is 0.0666. The van der Waals surface area contributed by atoms with E-state index in [1.807, 2.05) is 24.3 Å². The maximum Gasteiger partial charge on any atom is 0.340 e. The number of rotatable bonds is 4. The van der Waals surface area contributed by atoms with Crippen molar-refractivity contribution in [1.82, 2.24) is 4.90 Å². The second-order valence-electron chi connectivity index (χ2n) is 4.50. The van der Waals surface area contributed by atoms with E-state index in [0.29, 0.717) is 17.1 Å². The minimum Gasteiger partial charge on any atom is -0.465 e. The van der Waals surface area contributed by atoms with Gasteiger partial charge in [-0.2, -0.15) is 0 Å². The van der Waals surface area contributed by atoms with Crippen molar-refractivity contribution in [3.8, 4) is 0 Å². The molecule has 5 nitrogen and oxygen atoms in total. The Hall–Kier alpha value is -1.40. The number of anilines is 1. The van der Waals surface area contributed by atoms with E-state index < -0.39 is 5.97 Å². The quantitative estimate of drug-likeness (QED) is 0.787. The third kappa shape index (κ3) is 2.50. The number of hydrogen-bond acceptors (Lipinski definition) is 5. The highest BCUT2D eigenvalue weighted by molar-refractivity contribution is 7.14. The van der Waals surface area contributed by atoms with Gasteiger partial charge in [-0.3, -0.25) is 9.69 Å². The molecule has 1 aliphatic heterocycles. The maximum atomic E-state index is 12.4. The molecule has 1 saturated heterocycles. The molecule has 19 heavy (non-hydrogen) atoms. The fourth-order valence-electron chi connectivity index (χ4n) is 2.27. The molecule has 1 aliphatic rings. The molecule has 0 saturated carbocycles. The number of ether oxygens (including phenoxy) is 1. The van der Waals surface area contributed by atoms with Crippen molar-refractivity contribution in [2.45, 2.75) is 19.4 Å². The normalized spacial score (nSPS) is 19.3. The first-order valence-electron chi connectivity index (χ1n) is 6.27. The van der Waals surface area contributed by atoms with Gasteiger partial charge >= 0.3 is 5.97 Å². The van der Waals surface area contributed by atoms with Gasteiger partial charge in [0.05, 0.1) is 18.7 Å². The zero-order valence-corrected chi connectivity index (χ0v) is 12.2. The Morgan fingerprint density at radius 2 is 2.37 bits per heavy atom. The summed E-state index contributed by atoms with van der Waals surface area (Å²) in [6.07, 6.45) is 0.793. The summed E-state index contributed by atoms with van der Waals surface area (Å²) in [4.78, 5) is 27.8. The molecule has 0 aromatic carbocycles. The standard InChI is InChI=1S/C13H18N2O3S/c1-4-14(2)10-5-7-15(11(10)16)12-9(6-8-19-12)13(17)18-3/h6,8,10H,4-5,7H2,1-3H3/t10-/m1/s1. The monoisotopic (exact) mass is 282 g/mol. The molecule has 1 amide bonds. The minimum atomic E-state index is -0.392. The molecule has 0 aliphatic carbocycles. The average Bonchev–Trinajstić information content (AvgIpc) is 3.03. The van der Waals surface area contributed by atoms with Crippen LogP contribution in [0.3, 0.4) is 0 Å². The first kappa shape index (κ1) is 14.0. The topological polar surface area (TPSA) is 49.9 Å². The van der Waals surface area contributed by atoms with Gasteiger partial charge < -0.3 is 9.64 Å². The van der Waals surface area contributed by atoms with Crippen molar-refractivity contribution in [3.05, 3.63) is 17.0 Å². The summed E-state index contributed by atoms with van der Waals surface area (Å²) in [5, 5.41) is 2.51. The molecule has 0 radical (unpaired) electrons. The Balaban J connectivity index is 2.23. The SMILES string of the molecule is CCN(C)[C@@H]1CCN(c2sccc2C(=O)OC)C1=O. The second kappa shape index (κ2) is 5.71. The van der Waals surface area contributed by atoms with Crippen molar-refractivity contribution in [1.29, 1.82) is 0 Å². The van der Waals surface area contributed by atoms with Crippen molar-refractivity contribution in [3.63, 3.8) is 0 Å². The van der Waals surface area contributed by atoms with Crippen LogP contribution in [0.4, 0.5) is 5.00 Å². The van der Waals surface area contributed by atoms with E-state index >= 15 is 0 Å². The number of hydrogen-bond donors (Lipinski definition) is 0. The number of likely N-dealkylation sites (N-methyl/N-ethyl adjacent to an activating group) is 1. The second-order valence-corrected chi connectivity index (χ2v) is 5.39. The highest BCUT2D eigenvalue weighted by Crippen LogP contribution is 2.32. The van der Waals surface area contributed by atoms with Crippen LogP contribution in [0.2, 0.25) is 0 Å². The first-order chi connectivity index (χ1) is 9.10. The fourth-order valence-corrected chi connectivity index (χ4v) is 3.19. The van der Waals surface area contributed by atoms with Gasteiger partial charge in [0, 0.05) is 6.54 Å². The molecule has 1 fully saturated rings. The van der Waals surface area contributed by atoms with Crippen LogP contribution in [-0.2, 0) is 9.53 Å². The number of nitrogens with zero attached hydrogens (tertiary/aromatic N) is 2. The third-order valence-electron chi connectivity index (χ3n) is 3.50. The number of carbonyl (C=O) groups is 2. The first-order valence-corrected chi connectivity index (χ1v) is 7.15. The molecule has 1 aromatic rings. The van der Waals surface area contributed by atoms with E-state index in [-0.39, 0.29) is 11.9 Å². The molecule has 2 rings (SSSR count). The van der Waals surface area contributed by atoms with Crippen molar-refractivity contribution >= 4 is 28.2 Å². The zero-order chi connectivity index (χ0) is 14.0. The van der Waals surface area contributed by atoms with Crippen LogP contribution in [0.15, 0.2) is 11.4 Å². The van der Waals surface area contributed by atoms with Gasteiger partial charge in [0.2, 0.25) is 5.91 Å². The van der Waals surface area contributed by atoms with Crippen molar-refractivity contribution in [2.75, 3.05) is 32.1 Å². The summed E-state index contributed by atoms with van der Waals surface area (Å²) < 4.78 is 4.74. The highest BCUT2D eigenvalue weighted by atomic mass is 32.1. The van der Waals surface area contributed by atoms with E-state index in [2.05, 4.69) is 0 Å². The van der Waals surface area contributed by atoms with Gasteiger partial charge in [0.25, 0.3) is 0 Å². The largest absolute Gasteiger partial charge is 0.465 e. The van der Waals surface area contributed by atoms with Crippen LogP contribution in [0.25, 0.3) is 0 Å². The molecule has 1 atom stereocenters. The highest BCUT2D eigenvalue weighted by Gasteiger charge is 2.36. The zero-order valence-electron chi connectivity index (χ0n) is 11.4. The van der Waals surface area contributed by atoms with Crippen molar-refractivity contribution < 1.29 is 14.3 Å². The summed E-state index contributed by atoms with van der Waals surface area (Å²) in [5.74, 6) is -0.326. The van der Waals surface area contributed by atoms with Crippen LogP contribution < -0.4 is 4.90 Å². The molecule has 0 spiro atoms. The molecular weight excluding hydrogens is 264 g/mol. The number of thiophene rings is 1. The molecule has 104 valence electrons. The van der Waals surface area contributed by atoms with Gasteiger partial charge in [-0.1, -0.05) is 6.92 Å². The predicted octanol–water partition coefficient (Wildman–Crippen LogP) is 1.59. The van der Waals surface area contributed by atoms with Crippen LogP contribution in [0, 0.1) is 0 Å². The number of amides is 1. The lowest BCUT2D eigenvalue weighted by molar-refractivity contribution is -0.121.